The number of hydrogen-bond acceptors (Lipinski definition) is 6. The van der Waals surface area contributed by atoms with Crippen molar-refractivity contribution in [3.05, 3.63) is 99.5 Å². The fraction of sp³-hybridized carbons (Fsp3) is 0.179. The van der Waals surface area contributed by atoms with E-state index in [1.165, 1.54) is 23.8 Å². The predicted molar refractivity (Wildman–Crippen MR) is 143 cm³/mol. The predicted octanol–water partition coefficient (Wildman–Crippen LogP) is 6.46. The summed E-state index contributed by atoms with van der Waals surface area (Å²) in [7, 11) is 1.31. The van der Waals surface area contributed by atoms with E-state index in [9.17, 15) is 14.4 Å². The molecule has 0 fully saturated rings. The van der Waals surface area contributed by atoms with Gasteiger partial charge in [0.25, 0.3) is 11.8 Å². The van der Waals surface area contributed by atoms with Crippen LogP contribution >= 0.6 is 23.4 Å². The summed E-state index contributed by atoms with van der Waals surface area (Å²) in [6.45, 7) is 2.14. The van der Waals surface area contributed by atoms with E-state index in [4.69, 9.17) is 16.3 Å². The lowest BCUT2D eigenvalue weighted by Gasteiger charge is -2.16. The van der Waals surface area contributed by atoms with E-state index in [0.29, 0.717) is 22.0 Å². The number of aryl methyl sites for hydroxylation is 1. The van der Waals surface area contributed by atoms with Crippen LogP contribution in [-0.2, 0) is 20.7 Å². The number of nitrogens with zero attached hydrogens (tertiary/aromatic N) is 1. The van der Waals surface area contributed by atoms with Crippen LogP contribution < -0.4 is 10.2 Å². The third-order valence-corrected chi connectivity index (χ3v) is 7.01. The fourth-order valence-electron chi connectivity index (χ4n) is 3.71. The number of unbranched alkanes of at least 4 members (excludes halogenated alkanes) is 1. The van der Waals surface area contributed by atoms with Gasteiger partial charge < -0.3 is 10.1 Å². The topological polar surface area (TPSA) is 75.7 Å². The van der Waals surface area contributed by atoms with Gasteiger partial charge >= 0.3 is 5.97 Å². The van der Waals surface area contributed by atoms with E-state index >= 15 is 0 Å². The first-order valence-corrected chi connectivity index (χ1v) is 12.7. The first-order chi connectivity index (χ1) is 17.4. The second kappa shape index (κ2) is 11.5. The van der Waals surface area contributed by atoms with Gasteiger partial charge in [-0.25, -0.2) is 9.69 Å². The number of carbonyl (C=O) groups excluding carboxylic acids is 3. The minimum Gasteiger partial charge on any atom is -0.465 e. The zero-order chi connectivity index (χ0) is 25.7. The lowest BCUT2D eigenvalue weighted by atomic mass is 10.1. The number of ether oxygens (including phenoxy) is 1. The zero-order valence-electron chi connectivity index (χ0n) is 19.9. The average Bonchev–Trinajstić information content (AvgIpc) is 3.12. The molecule has 3 aromatic carbocycles. The van der Waals surface area contributed by atoms with Crippen LogP contribution in [0.2, 0.25) is 5.02 Å². The molecule has 1 aliphatic heterocycles. The average molecular weight is 521 g/mol. The minimum absolute atomic E-state index is 0.167. The first-order valence-electron chi connectivity index (χ1n) is 11.5. The van der Waals surface area contributed by atoms with Crippen LogP contribution in [0.15, 0.2) is 88.3 Å². The van der Waals surface area contributed by atoms with Crippen molar-refractivity contribution in [2.45, 2.75) is 31.1 Å². The smallest absolute Gasteiger partial charge is 0.337 e. The molecule has 0 spiro atoms. The molecule has 184 valence electrons. The Hall–Kier alpha value is -3.55. The molecular weight excluding hydrogens is 496 g/mol. The normalized spacial score (nSPS) is 13.4. The maximum absolute atomic E-state index is 13.5. The van der Waals surface area contributed by atoms with Gasteiger partial charge in [0.2, 0.25) is 0 Å². The van der Waals surface area contributed by atoms with Crippen molar-refractivity contribution in [3.63, 3.8) is 0 Å². The van der Waals surface area contributed by atoms with Crippen molar-refractivity contribution >= 4 is 52.5 Å². The largest absolute Gasteiger partial charge is 0.465 e. The quantitative estimate of drug-likeness (QED) is 0.258. The molecule has 0 saturated carbocycles. The van der Waals surface area contributed by atoms with E-state index in [1.807, 2.05) is 12.1 Å². The summed E-state index contributed by atoms with van der Waals surface area (Å²) in [5.74, 6) is -1.31. The number of anilines is 2. The van der Waals surface area contributed by atoms with Gasteiger partial charge in [0.05, 0.1) is 18.4 Å². The van der Waals surface area contributed by atoms with Gasteiger partial charge in [-0.3, -0.25) is 9.59 Å². The van der Waals surface area contributed by atoms with Crippen LogP contribution in [0.5, 0.6) is 0 Å². The molecule has 0 unspecified atom stereocenters. The van der Waals surface area contributed by atoms with Gasteiger partial charge in [-0.1, -0.05) is 48.8 Å². The molecule has 2 amide bonds. The molecule has 0 saturated heterocycles. The third-order valence-electron chi connectivity index (χ3n) is 5.66. The molecule has 4 rings (SSSR count). The molecule has 0 aromatic heterocycles. The van der Waals surface area contributed by atoms with Gasteiger partial charge in [-0.2, -0.15) is 0 Å². The Labute approximate surface area is 219 Å². The van der Waals surface area contributed by atoms with Crippen molar-refractivity contribution in [1.29, 1.82) is 0 Å². The molecule has 1 heterocycles. The molecule has 0 atom stereocenters. The van der Waals surface area contributed by atoms with Crippen LogP contribution in [0.1, 0.15) is 35.7 Å². The van der Waals surface area contributed by atoms with Gasteiger partial charge in [0.15, 0.2) is 0 Å². The Morgan fingerprint density at radius 2 is 1.61 bits per heavy atom. The maximum atomic E-state index is 13.5. The van der Waals surface area contributed by atoms with E-state index in [2.05, 4.69) is 12.2 Å². The highest BCUT2D eigenvalue weighted by Gasteiger charge is 2.40. The molecular formula is C28H25ClN2O4S. The van der Waals surface area contributed by atoms with Crippen molar-refractivity contribution in [2.24, 2.45) is 0 Å². The lowest BCUT2D eigenvalue weighted by Crippen LogP contribution is -2.32. The number of halogens is 1. The number of thioether (sulfide) groups is 1. The summed E-state index contributed by atoms with van der Waals surface area (Å²) in [4.78, 5) is 41.0. The highest BCUT2D eigenvalue weighted by Crippen LogP contribution is 2.38. The number of amides is 2. The number of hydrogen-bond donors (Lipinski definition) is 1. The number of esters is 1. The standard InChI is InChI=1S/C28H25ClN2O4S/c1-3-4-5-18-6-14-22(15-7-18)31-26(32)24(30-21-12-8-19(9-13-21)28(34)35-2)25(27(31)33)36-23-16-10-20(29)11-17-23/h6-17,30H,3-5H2,1-2H3. The first kappa shape index (κ1) is 25.5. The van der Waals surface area contributed by atoms with Crippen molar-refractivity contribution in [1.82, 2.24) is 0 Å². The van der Waals surface area contributed by atoms with E-state index in [-0.39, 0.29) is 10.6 Å². The van der Waals surface area contributed by atoms with Crippen LogP contribution in [0.25, 0.3) is 0 Å². The van der Waals surface area contributed by atoms with Crippen molar-refractivity contribution in [3.8, 4) is 0 Å². The van der Waals surface area contributed by atoms with Crippen molar-refractivity contribution in [2.75, 3.05) is 17.3 Å². The maximum Gasteiger partial charge on any atom is 0.337 e. The second-order valence-electron chi connectivity index (χ2n) is 8.17. The molecule has 36 heavy (non-hydrogen) atoms. The van der Waals surface area contributed by atoms with E-state index in [1.54, 1.807) is 60.7 Å². The molecule has 0 radical (unpaired) electrons. The summed E-state index contributed by atoms with van der Waals surface area (Å²) < 4.78 is 4.74. The molecule has 0 bridgehead atoms. The van der Waals surface area contributed by atoms with Gasteiger partial charge in [-0.05, 0) is 79.1 Å². The van der Waals surface area contributed by atoms with Crippen LogP contribution in [0.3, 0.4) is 0 Å². The molecule has 1 N–H and O–H groups in total. The number of benzene rings is 3. The van der Waals surface area contributed by atoms with Gasteiger partial charge in [-0.15, -0.1) is 0 Å². The summed E-state index contributed by atoms with van der Waals surface area (Å²) in [5, 5.41) is 3.67. The highest BCUT2D eigenvalue weighted by molar-refractivity contribution is 8.04. The Kier molecular flexibility index (Phi) is 8.13. The Morgan fingerprint density at radius 1 is 0.944 bits per heavy atom. The Bertz CT molecular complexity index is 1300. The second-order valence-corrected chi connectivity index (χ2v) is 9.69. The fourth-order valence-corrected chi connectivity index (χ4v) is 4.77. The summed E-state index contributed by atoms with van der Waals surface area (Å²) in [5.41, 5.74) is 2.78. The molecule has 3 aromatic rings. The highest BCUT2D eigenvalue weighted by atomic mass is 35.5. The summed E-state index contributed by atoms with van der Waals surface area (Å²) >= 11 is 7.21. The number of methoxy groups -OCH3 is 1. The minimum atomic E-state index is -0.458. The van der Waals surface area contributed by atoms with Crippen LogP contribution in [0, 0.1) is 0 Å². The summed E-state index contributed by atoms with van der Waals surface area (Å²) in [6.07, 6.45) is 3.12. The van der Waals surface area contributed by atoms with Crippen molar-refractivity contribution < 1.29 is 19.1 Å². The Balaban J connectivity index is 1.65. The number of imide groups is 1. The summed E-state index contributed by atoms with van der Waals surface area (Å²) in [6, 6.07) is 21.1. The number of carbonyl (C=O) groups is 3. The van der Waals surface area contributed by atoms with Crippen LogP contribution in [0.4, 0.5) is 11.4 Å². The van der Waals surface area contributed by atoms with Crippen LogP contribution in [-0.4, -0.2) is 24.9 Å². The Morgan fingerprint density at radius 3 is 2.22 bits per heavy atom. The number of nitrogens with one attached hydrogen (secondary N) is 1. The third kappa shape index (κ3) is 5.64. The molecule has 1 aliphatic rings. The zero-order valence-corrected chi connectivity index (χ0v) is 21.5. The lowest BCUT2D eigenvalue weighted by molar-refractivity contribution is -0.120. The van der Waals surface area contributed by atoms with Gasteiger partial charge in [0.1, 0.15) is 10.6 Å². The number of rotatable bonds is 9. The molecule has 6 nitrogen and oxygen atoms in total. The monoisotopic (exact) mass is 520 g/mol. The van der Waals surface area contributed by atoms with E-state index < -0.39 is 17.8 Å². The van der Waals surface area contributed by atoms with Gasteiger partial charge in [0, 0.05) is 15.6 Å². The SMILES string of the molecule is CCCCc1ccc(N2C(=O)C(Nc3ccc(C(=O)OC)cc3)=C(Sc3ccc(Cl)cc3)C2=O)cc1. The molecule has 0 aliphatic carbocycles. The van der Waals surface area contributed by atoms with E-state index in [0.717, 1.165) is 29.7 Å². The molecule has 8 heteroatoms.